The van der Waals surface area contributed by atoms with Gasteiger partial charge < -0.3 is 10.6 Å². The van der Waals surface area contributed by atoms with Crippen molar-refractivity contribution in [1.29, 1.82) is 0 Å². The molecule has 0 amide bonds. The molecule has 0 aromatic heterocycles. The van der Waals surface area contributed by atoms with Crippen molar-refractivity contribution in [2.24, 2.45) is 0 Å². The molecule has 16 heavy (non-hydrogen) atoms. The molecule has 1 aliphatic rings. The Morgan fingerprint density at radius 1 is 1.31 bits per heavy atom. The maximum absolute atomic E-state index is 5.94. The Morgan fingerprint density at radius 3 is 3.12 bits per heavy atom. The Morgan fingerprint density at radius 2 is 2.25 bits per heavy atom. The maximum atomic E-state index is 5.94. The second-order valence-electron chi connectivity index (χ2n) is 4.39. The number of halogens is 1. The molecule has 1 heterocycles. The van der Waals surface area contributed by atoms with Crippen LogP contribution in [0.25, 0.3) is 0 Å². The average molecular weight is 239 g/mol. The van der Waals surface area contributed by atoms with Crippen LogP contribution in [0.15, 0.2) is 24.3 Å². The van der Waals surface area contributed by atoms with E-state index in [0.29, 0.717) is 6.04 Å². The van der Waals surface area contributed by atoms with Crippen LogP contribution < -0.4 is 10.6 Å². The zero-order valence-electron chi connectivity index (χ0n) is 9.51. The van der Waals surface area contributed by atoms with Gasteiger partial charge in [0, 0.05) is 23.3 Å². The third-order valence-electron chi connectivity index (χ3n) is 3.04. The molecule has 0 aliphatic carbocycles. The standard InChI is InChI=1S/C13H19ClN2/c14-11-5-4-7-12(9-11)16-10-13-6-2-1-3-8-15-13/h4-5,7,9,13,15-16H,1-3,6,8,10H2. The van der Waals surface area contributed by atoms with Crippen LogP contribution in [0.3, 0.4) is 0 Å². The van der Waals surface area contributed by atoms with Gasteiger partial charge in [0.05, 0.1) is 0 Å². The number of anilines is 1. The second-order valence-corrected chi connectivity index (χ2v) is 4.83. The number of hydrogen-bond acceptors (Lipinski definition) is 2. The summed E-state index contributed by atoms with van der Waals surface area (Å²) < 4.78 is 0. The largest absolute Gasteiger partial charge is 0.383 e. The summed E-state index contributed by atoms with van der Waals surface area (Å²) in [6.07, 6.45) is 5.29. The van der Waals surface area contributed by atoms with E-state index >= 15 is 0 Å². The molecule has 0 bridgehead atoms. The Labute approximate surface area is 102 Å². The van der Waals surface area contributed by atoms with E-state index < -0.39 is 0 Å². The van der Waals surface area contributed by atoms with Crippen molar-refractivity contribution in [2.75, 3.05) is 18.4 Å². The van der Waals surface area contributed by atoms with E-state index in [1.54, 1.807) is 0 Å². The zero-order chi connectivity index (χ0) is 11.2. The maximum Gasteiger partial charge on any atom is 0.0426 e. The molecule has 3 heteroatoms. The van der Waals surface area contributed by atoms with Gasteiger partial charge >= 0.3 is 0 Å². The first-order valence-corrected chi connectivity index (χ1v) is 6.45. The second kappa shape index (κ2) is 6.12. The van der Waals surface area contributed by atoms with Crippen LogP contribution in [0.1, 0.15) is 25.7 Å². The summed E-state index contributed by atoms with van der Waals surface area (Å²) in [5.41, 5.74) is 1.11. The predicted molar refractivity (Wildman–Crippen MR) is 70.2 cm³/mol. The molecule has 1 aromatic carbocycles. The van der Waals surface area contributed by atoms with Crippen molar-refractivity contribution in [3.63, 3.8) is 0 Å². The van der Waals surface area contributed by atoms with E-state index in [2.05, 4.69) is 16.7 Å². The summed E-state index contributed by atoms with van der Waals surface area (Å²) in [6.45, 7) is 2.14. The quantitative estimate of drug-likeness (QED) is 0.845. The van der Waals surface area contributed by atoms with E-state index in [1.165, 1.54) is 25.7 Å². The van der Waals surface area contributed by atoms with Crippen molar-refractivity contribution in [3.05, 3.63) is 29.3 Å². The minimum absolute atomic E-state index is 0.599. The Balaban J connectivity index is 1.81. The van der Waals surface area contributed by atoms with Gasteiger partial charge in [0.15, 0.2) is 0 Å². The lowest BCUT2D eigenvalue weighted by Crippen LogP contribution is -2.34. The summed E-state index contributed by atoms with van der Waals surface area (Å²) in [7, 11) is 0. The van der Waals surface area contributed by atoms with Gasteiger partial charge in [-0.3, -0.25) is 0 Å². The molecule has 0 spiro atoms. The molecule has 0 saturated carbocycles. The minimum atomic E-state index is 0.599. The molecule has 2 rings (SSSR count). The van der Waals surface area contributed by atoms with Gasteiger partial charge in [-0.25, -0.2) is 0 Å². The van der Waals surface area contributed by atoms with Gasteiger partial charge in [-0.1, -0.05) is 30.5 Å². The summed E-state index contributed by atoms with van der Waals surface area (Å²) in [5.74, 6) is 0. The number of nitrogens with one attached hydrogen (secondary N) is 2. The fraction of sp³-hybridized carbons (Fsp3) is 0.538. The van der Waals surface area contributed by atoms with Crippen LogP contribution in [0.5, 0.6) is 0 Å². The molecule has 0 radical (unpaired) electrons. The Hall–Kier alpha value is -0.730. The van der Waals surface area contributed by atoms with Crippen LogP contribution in [0, 0.1) is 0 Å². The molecular formula is C13H19ClN2. The predicted octanol–water partition coefficient (Wildman–Crippen LogP) is 3.28. The third-order valence-corrected chi connectivity index (χ3v) is 3.27. The topological polar surface area (TPSA) is 24.1 Å². The van der Waals surface area contributed by atoms with Crippen LogP contribution in [-0.2, 0) is 0 Å². The van der Waals surface area contributed by atoms with E-state index in [9.17, 15) is 0 Å². The lowest BCUT2D eigenvalue weighted by molar-refractivity contribution is 0.530. The zero-order valence-corrected chi connectivity index (χ0v) is 10.3. The van der Waals surface area contributed by atoms with Crippen molar-refractivity contribution < 1.29 is 0 Å². The molecular weight excluding hydrogens is 220 g/mol. The van der Waals surface area contributed by atoms with Gasteiger partial charge in [-0.05, 0) is 37.6 Å². The van der Waals surface area contributed by atoms with E-state index in [1.807, 2.05) is 18.2 Å². The fourth-order valence-corrected chi connectivity index (χ4v) is 2.30. The molecule has 2 N–H and O–H groups in total. The van der Waals surface area contributed by atoms with Crippen molar-refractivity contribution in [3.8, 4) is 0 Å². The van der Waals surface area contributed by atoms with E-state index in [0.717, 1.165) is 23.8 Å². The van der Waals surface area contributed by atoms with Crippen molar-refractivity contribution in [2.45, 2.75) is 31.7 Å². The first kappa shape index (κ1) is 11.7. The summed E-state index contributed by atoms with van der Waals surface area (Å²) in [4.78, 5) is 0. The van der Waals surface area contributed by atoms with Gasteiger partial charge in [0.1, 0.15) is 0 Å². The normalized spacial score (nSPS) is 21.4. The highest BCUT2D eigenvalue weighted by Crippen LogP contribution is 2.15. The SMILES string of the molecule is Clc1cccc(NCC2CCCCCN2)c1. The fourth-order valence-electron chi connectivity index (χ4n) is 2.11. The summed E-state index contributed by atoms with van der Waals surface area (Å²) in [6, 6.07) is 8.50. The highest BCUT2D eigenvalue weighted by molar-refractivity contribution is 6.30. The summed E-state index contributed by atoms with van der Waals surface area (Å²) >= 11 is 5.94. The van der Waals surface area contributed by atoms with Gasteiger partial charge in [-0.15, -0.1) is 0 Å². The number of rotatable bonds is 3. The summed E-state index contributed by atoms with van der Waals surface area (Å²) in [5, 5.41) is 7.80. The third kappa shape index (κ3) is 3.69. The molecule has 1 saturated heterocycles. The molecule has 88 valence electrons. The highest BCUT2D eigenvalue weighted by Gasteiger charge is 2.10. The smallest absolute Gasteiger partial charge is 0.0426 e. The first-order valence-electron chi connectivity index (χ1n) is 6.07. The molecule has 2 nitrogen and oxygen atoms in total. The average Bonchev–Trinajstić information content (AvgIpc) is 2.55. The van der Waals surface area contributed by atoms with Gasteiger partial charge in [0.2, 0.25) is 0 Å². The molecule has 1 unspecified atom stereocenters. The molecule has 1 fully saturated rings. The van der Waals surface area contributed by atoms with Crippen molar-refractivity contribution >= 4 is 17.3 Å². The van der Waals surface area contributed by atoms with Crippen LogP contribution in [0.2, 0.25) is 5.02 Å². The van der Waals surface area contributed by atoms with E-state index in [-0.39, 0.29) is 0 Å². The van der Waals surface area contributed by atoms with E-state index in [4.69, 9.17) is 11.6 Å². The van der Waals surface area contributed by atoms with Gasteiger partial charge in [0.25, 0.3) is 0 Å². The van der Waals surface area contributed by atoms with Gasteiger partial charge in [-0.2, -0.15) is 0 Å². The lowest BCUT2D eigenvalue weighted by Gasteiger charge is -2.17. The molecule has 1 atom stereocenters. The molecule has 1 aliphatic heterocycles. The van der Waals surface area contributed by atoms with Crippen LogP contribution in [0.4, 0.5) is 5.69 Å². The molecule has 1 aromatic rings. The van der Waals surface area contributed by atoms with Crippen molar-refractivity contribution in [1.82, 2.24) is 5.32 Å². The van der Waals surface area contributed by atoms with Crippen LogP contribution >= 0.6 is 11.6 Å². The minimum Gasteiger partial charge on any atom is -0.383 e. The lowest BCUT2D eigenvalue weighted by atomic mass is 10.1. The highest BCUT2D eigenvalue weighted by atomic mass is 35.5. The monoisotopic (exact) mass is 238 g/mol. The first-order chi connectivity index (χ1) is 7.84. The number of hydrogen-bond donors (Lipinski definition) is 2. The number of benzene rings is 1. The Bertz CT molecular complexity index is 319. The Kier molecular flexibility index (Phi) is 4.49. The van der Waals surface area contributed by atoms with Crippen LogP contribution in [-0.4, -0.2) is 19.1 Å².